The molecule has 1 aromatic carbocycles. The zero-order chi connectivity index (χ0) is 19.7. The number of carbonyl (C=O) groups is 1. The van der Waals surface area contributed by atoms with Crippen molar-refractivity contribution in [1.82, 2.24) is 20.4 Å². The van der Waals surface area contributed by atoms with Crippen LogP contribution in [0.3, 0.4) is 0 Å². The van der Waals surface area contributed by atoms with Gasteiger partial charge in [0.05, 0.1) is 16.6 Å². The standard InChI is InChI=1S/C22H26N4O2/c1-4-26(3)13-16-7-5-6-15(10-16)12-23-21(27)18-11-19(17-8-9-17)24-22-20(18)14(2)25-28-22/h5-7,10-11,17H,4,8-9,12-13H2,1-3H3,(H,23,27). The molecule has 1 fully saturated rings. The number of aryl methyl sites for hydroxylation is 1. The molecular weight excluding hydrogens is 352 g/mol. The molecule has 146 valence electrons. The van der Waals surface area contributed by atoms with E-state index in [2.05, 4.69) is 46.5 Å². The molecule has 1 aliphatic rings. The highest BCUT2D eigenvalue weighted by atomic mass is 16.5. The van der Waals surface area contributed by atoms with Gasteiger partial charge in [0, 0.05) is 24.7 Å². The highest BCUT2D eigenvalue weighted by Gasteiger charge is 2.28. The van der Waals surface area contributed by atoms with Crippen molar-refractivity contribution < 1.29 is 9.32 Å². The molecule has 0 unspecified atom stereocenters. The van der Waals surface area contributed by atoms with Crippen molar-refractivity contribution in [2.24, 2.45) is 0 Å². The van der Waals surface area contributed by atoms with E-state index in [1.54, 1.807) is 0 Å². The quantitative estimate of drug-likeness (QED) is 0.677. The molecule has 1 N–H and O–H groups in total. The van der Waals surface area contributed by atoms with Crippen molar-refractivity contribution in [2.45, 2.75) is 45.7 Å². The summed E-state index contributed by atoms with van der Waals surface area (Å²) in [5.41, 5.74) is 5.01. The molecule has 0 aliphatic heterocycles. The average Bonchev–Trinajstić information content (AvgIpc) is 3.49. The molecule has 0 saturated heterocycles. The summed E-state index contributed by atoms with van der Waals surface area (Å²) in [6.07, 6.45) is 2.23. The van der Waals surface area contributed by atoms with Crippen molar-refractivity contribution in [3.05, 3.63) is 58.4 Å². The third-order valence-electron chi connectivity index (χ3n) is 5.31. The van der Waals surface area contributed by atoms with E-state index in [4.69, 9.17) is 4.52 Å². The van der Waals surface area contributed by atoms with Crippen LogP contribution in [0.5, 0.6) is 0 Å². The van der Waals surface area contributed by atoms with E-state index in [-0.39, 0.29) is 5.91 Å². The van der Waals surface area contributed by atoms with E-state index in [0.717, 1.165) is 37.2 Å². The van der Waals surface area contributed by atoms with Crippen molar-refractivity contribution >= 4 is 17.0 Å². The Morgan fingerprint density at radius 1 is 1.29 bits per heavy atom. The van der Waals surface area contributed by atoms with Crippen molar-refractivity contribution in [3.63, 3.8) is 0 Å². The Balaban J connectivity index is 1.53. The number of amides is 1. The van der Waals surface area contributed by atoms with Gasteiger partial charge in [-0.05, 0) is 50.6 Å². The molecule has 1 amide bonds. The second-order valence-corrected chi connectivity index (χ2v) is 7.65. The van der Waals surface area contributed by atoms with Crippen LogP contribution in [0.4, 0.5) is 0 Å². The molecule has 2 heterocycles. The second kappa shape index (κ2) is 7.72. The zero-order valence-corrected chi connectivity index (χ0v) is 16.7. The maximum Gasteiger partial charge on any atom is 0.259 e. The molecule has 2 aromatic heterocycles. The fourth-order valence-corrected chi connectivity index (χ4v) is 3.42. The summed E-state index contributed by atoms with van der Waals surface area (Å²) in [6.45, 7) is 6.36. The normalized spacial score (nSPS) is 14.0. The largest absolute Gasteiger partial charge is 0.348 e. The summed E-state index contributed by atoms with van der Waals surface area (Å²) in [4.78, 5) is 19.8. The number of aromatic nitrogens is 2. The van der Waals surface area contributed by atoms with Crippen LogP contribution in [0.2, 0.25) is 0 Å². The van der Waals surface area contributed by atoms with Gasteiger partial charge < -0.3 is 14.7 Å². The number of carbonyl (C=O) groups excluding carboxylic acids is 1. The first-order chi connectivity index (χ1) is 13.5. The number of hydrogen-bond acceptors (Lipinski definition) is 5. The van der Waals surface area contributed by atoms with Crippen LogP contribution in [-0.2, 0) is 13.1 Å². The average molecular weight is 378 g/mol. The lowest BCUT2D eigenvalue weighted by Gasteiger charge is -2.14. The fourth-order valence-electron chi connectivity index (χ4n) is 3.42. The lowest BCUT2D eigenvalue weighted by Crippen LogP contribution is -2.23. The zero-order valence-electron chi connectivity index (χ0n) is 16.7. The minimum Gasteiger partial charge on any atom is -0.348 e. The molecule has 0 atom stereocenters. The van der Waals surface area contributed by atoms with Gasteiger partial charge in [0.25, 0.3) is 11.6 Å². The van der Waals surface area contributed by atoms with Crippen LogP contribution < -0.4 is 5.32 Å². The first-order valence-corrected chi connectivity index (χ1v) is 9.86. The Bertz CT molecular complexity index is 1010. The van der Waals surface area contributed by atoms with Gasteiger partial charge in [-0.1, -0.05) is 36.3 Å². The number of nitrogens with one attached hydrogen (secondary N) is 1. The van der Waals surface area contributed by atoms with Crippen molar-refractivity contribution in [2.75, 3.05) is 13.6 Å². The van der Waals surface area contributed by atoms with E-state index in [9.17, 15) is 4.79 Å². The van der Waals surface area contributed by atoms with E-state index >= 15 is 0 Å². The number of benzene rings is 1. The van der Waals surface area contributed by atoms with Crippen LogP contribution in [0.15, 0.2) is 34.9 Å². The highest BCUT2D eigenvalue weighted by molar-refractivity contribution is 6.06. The molecule has 6 nitrogen and oxygen atoms in total. The summed E-state index contributed by atoms with van der Waals surface area (Å²) in [6, 6.07) is 10.3. The Hall–Kier alpha value is -2.73. The molecule has 4 rings (SSSR count). The van der Waals surface area contributed by atoms with Gasteiger partial charge >= 0.3 is 0 Å². The molecule has 1 aliphatic carbocycles. The van der Waals surface area contributed by atoms with Crippen LogP contribution in [0.1, 0.15) is 58.6 Å². The maximum absolute atomic E-state index is 13.0. The molecule has 0 spiro atoms. The molecular formula is C22H26N4O2. The van der Waals surface area contributed by atoms with E-state index < -0.39 is 0 Å². The summed E-state index contributed by atoms with van der Waals surface area (Å²) in [7, 11) is 2.10. The van der Waals surface area contributed by atoms with Gasteiger partial charge in [-0.15, -0.1) is 0 Å². The summed E-state index contributed by atoms with van der Waals surface area (Å²) < 4.78 is 5.34. The summed E-state index contributed by atoms with van der Waals surface area (Å²) in [5, 5.41) is 7.77. The van der Waals surface area contributed by atoms with E-state index in [1.807, 2.05) is 25.1 Å². The highest BCUT2D eigenvalue weighted by Crippen LogP contribution is 2.40. The number of hydrogen-bond donors (Lipinski definition) is 1. The first-order valence-electron chi connectivity index (χ1n) is 9.86. The minimum absolute atomic E-state index is 0.114. The SMILES string of the molecule is CCN(C)Cc1cccc(CNC(=O)c2cc(C3CC3)nc3onc(C)c23)c1. The van der Waals surface area contributed by atoms with Crippen molar-refractivity contribution in [3.8, 4) is 0 Å². The lowest BCUT2D eigenvalue weighted by atomic mass is 10.1. The molecule has 6 heteroatoms. The van der Waals surface area contributed by atoms with Gasteiger partial charge in [-0.25, -0.2) is 4.98 Å². The molecule has 28 heavy (non-hydrogen) atoms. The van der Waals surface area contributed by atoms with E-state index in [0.29, 0.717) is 34.8 Å². The van der Waals surface area contributed by atoms with Crippen LogP contribution in [0, 0.1) is 6.92 Å². The van der Waals surface area contributed by atoms with E-state index in [1.165, 1.54) is 5.56 Å². The number of pyridine rings is 1. The summed E-state index contributed by atoms with van der Waals surface area (Å²) >= 11 is 0. The number of fused-ring (bicyclic) bond motifs is 1. The van der Waals surface area contributed by atoms with Crippen LogP contribution in [-0.4, -0.2) is 34.5 Å². The minimum atomic E-state index is -0.114. The Kier molecular flexibility index (Phi) is 5.13. The van der Waals surface area contributed by atoms with Gasteiger partial charge in [-0.3, -0.25) is 4.79 Å². The Labute approximate surface area is 164 Å². The molecule has 1 saturated carbocycles. The molecule has 0 radical (unpaired) electrons. The summed E-state index contributed by atoms with van der Waals surface area (Å²) in [5.74, 6) is 0.324. The van der Waals surface area contributed by atoms with Crippen LogP contribution in [0.25, 0.3) is 11.1 Å². The van der Waals surface area contributed by atoms with Gasteiger partial charge in [-0.2, -0.15) is 0 Å². The topological polar surface area (TPSA) is 71.3 Å². The lowest BCUT2D eigenvalue weighted by molar-refractivity contribution is 0.0952. The molecule has 3 aromatic rings. The molecule has 0 bridgehead atoms. The maximum atomic E-state index is 13.0. The Morgan fingerprint density at radius 2 is 2.07 bits per heavy atom. The van der Waals surface area contributed by atoms with Crippen molar-refractivity contribution in [1.29, 1.82) is 0 Å². The van der Waals surface area contributed by atoms with Gasteiger partial charge in [0.2, 0.25) is 0 Å². The smallest absolute Gasteiger partial charge is 0.259 e. The first kappa shape index (κ1) is 18.6. The fraction of sp³-hybridized carbons (Fsp3) is 0.409. The predicted molar refractivity (Wildman–Crippen MR) is 108 cm³/mol. The van der Waals surface area contributed by atoms with Gasteiger partial charge in [0.15, 0.2) is 0 Å². The Morgan fingerprint density at radius 3 is 2.82 bits per heavy atom. The third-order valence-corrected chi connectivity index (χ3v) is 5.31. The number of nitrogens with zero attached hydrogens (tertiary/aromatic N) is 3. The second-order valence-electron chi connectivity index (χ2n) is 7.65. The third kappa shape index (κ3) is 3.92. The van der Waals surface area contributed by atoms with Gasteiger partial charge in [0.1, 0.15) is 0 Å². The number of rotatable bonds is 7. The monoisotopic (exact) mass is 378 g/mol. The van der Waals surface area contributed by atoms with Crippen LogP contribution >= 0.6 is 0 Å². The predicted octanol–water partition coefficient (Wildman–Crippen LogP) is 3.79.